The van der Waals surface area contributed by atoms with Crippen molar-refractivity contribution in [1.29, 1.82) is 0 Å². The number of rotatable bonds is 2. The van der Waals surface area contributed by atoms with Crippen LogP contribution in [0.25, 0.3) is 5.43 Å². The number of aromatic nitrogens is 1. The van der Waals surface area contributed by atoms with E-state index in [0.29, 0.717) is 5.71 Å². The Kier molecular flexibility index (Phi) is 17.2. The molecule has 102 valence electrons. The van der Waals surface area contributed by atoms with E-state index >= 15 is 0 Å². The van der Waals surface area contributed by atoms with Crippen LogP contribution in [-0.2, 0) is 27.3 Å². The van der Waals surface area contributed by atoms with Crippen molar-refractivity contribution < 1.29 is 26.1 Å². The summed E-state index contributed by atoms with van der Waals surface area (Å²) in [4.78, 5) is 4.09. The second kappa shape index (κ2) is 13.5. The van der Waals surface area contributed by atoms with Crippen LogP contribution in [0.4, 0.5) is 0 Å². The molecular weight excluding hydrogens is 315 g/mol. The minimum atomic E-state index is 0. The van der Waals surface area contributed by atoms with Crippen molar-refractivity contribution in [3.63, 3.8) is 0 Å². The predicted octanol–water partition coefficient (Wildman–Crippen LogP) is 0.838. The smallest absolute Gasteiger partial charge is 0.870 e. The maximum atomic E-state index is 5.21. The van der Waals surface area contributed by atoms with Crippen LogP contribution in [0, 0.1) is 0 Å². The van der Waals surface area contributed by atoms with E-state index < -0.39 is 0 Å². The van der Waals surface area contributed by atoms with Gasteiger partial charge in [-0.3, -0.25) is 10.7 Å². The van der Waals surface area contributed by atoms with E-state index in [0.717, 1.165) is 5.69 Å². The Hall–Kier alpha value is -0.601. The average Bonchev–Trinajstić information content (AvgIpc) is 2.30. The quantitative estimate of drug-likeness (QED) is 0.216. The molecule has 17 heavy (non-hydrogen) atoms. The van der Waals surface area contributed by atoms with Gasteiger partial charge in [-0.15, -0.1) is 0 Å². The zero-order chi connectivity index (χ0) is 11.7. The topological polar surface area (TPSA) is 125 Å². The van der Waals surface area contributed by atoms with E-state index in [9.17, 15) is 0 Å². The zero-order valence-corrected chi connectivity index (χ0v) is 11.3. The van der Waals surface area contributed by atoms with Crippen LogP contribution in [0.1, 0.15) is 12.6 Å². The Bertz CT molecular complexity index is 340. The van der Waals surface area contributed by atoms with Gasteiger partial charge >= 0.3 is 25.2 Å². The van der Waals surface area contributed by atoms with Gasteiger partial charge in [-0.1, -0.05) is 6.07 Å². The van der Waals surface area contributed by atoms with E-state index in [-0.39, 0.29) is 16.1 Å². The summed E-state index contributed by atoms with van der Waals surface area (Å²) in [6.07, 6.45) is 1.70. The molecular formula is C8H12ClCuN4O2S-2. The Morgan fingerprint density at radius 3 is 2.47 bits per heavy atom. The molecule has 0 saturated carbocycles. The van der Waals surface area contributed by atoms with Crippen LogP contribution in [-0.4, -0.2) is 26.8 Å². The maximum absolute atomic E-state index is 5.21. The number of thiol groups is 1. The number of halogens is 1. The molecule has 1 rings (SSSR count). The summed E-state index contributed by atoms with van der Waals surface area (Å²) in [5.74, 6) is 0. The second-order valence-electron chi connectivity index (χ2n) is 2.36. The molecule has 0 fully saturated rings. The summed E-state index contributed by atoms with van der Waals surface area (Å²) < 4.78 is 0. The molecule has 0 radical (unpaired) electrons. The molecule has 0 aromatic carbocycles. The van der Waals surface area contributed by atoms with Crippen LogP contribution in [0.5, 0.6) is 0 Å². The molecule has 1 aromatic rings. The number of pyridine rings is 1. The van der Waals surface area contributed by atoms with Crippen LogP contribution in [0.15, 0.2) is 29.5 Å². The number of nitrogens with zero attached hydrogens (tertiary/aromatic N) is 3. The van der Waals surface area contributed by atoms with E-state index in [1.54, 1.807) is 6.20 Å². The first-order chi connectivity index (χ1) is 7.20. The van der Waals surface area contributed by atoms with E-state index in [2.05, 4.69) is 52.9 Å². The largest absolute Gasteiger partial charge is 0.870 e. The fourth-order valence-electron chi connectivity index (χ4n) is 0.754. The summed E-state index contributed by atoms with van der Waals surface area (Å²) in [7, 11) is 4.20. The number of hydrogen-bond donors (Lipinski definition) is 1. The third kappa shape index (κ3) is 10.3. The summed E-state index contributed by atoms with van der Waals surface area (Å²) in [6.45, 7) is 1.81. The Morgan fingerprint density at radius 2 is 2.06 bits per heavy atom. The van der Waals surface area contributed by atoms with Crippen LogP contribution in [0.2, 0.25) is 0 Å². The standard InChI is InChI=1S/C8H10N4S.ClH.Cu.2H2O/c1-6(11-12-8(9)13)7-4-2-3-5-10-7;;;;/h2-5H,1H3,(H3,9,10,12,13);1H;;2*1H2/q;;+1;;/p-3. The monoisotopic (exact) mass is 326 g/mol. The molecule has 1 aromatic heterocycles. The van der Waals surface area contributed by atoms with Crippen LogP contribution in [0.3, 0.4) is 0 Å². The SMILES string of the molecule is CC(=N[N-]C(N)=[SH+])c1ccccn1.[Cl][Cu].[OH-].[OH-]. The van der Waals surface area contributed by atoms with Gasteiger partial charge in [0.1, 0.15) is 0 Å². The first-order valence-corrected chi connectivity index (χ1v) is 5.54. The molecule has 4 N–H and O–H groups in total. The Balaban J connectivity index is -0.000000464. The van der Waals surface area contributed by atoms with Gasteiger partial charge in [0.05, 0.1) is 5.69 Å². The van der Waals surface area contributed by atoms with E-state index in [4.69, 9.17) is 5.73 Å². The number of nitrogens with two attached hydrogens (primary N) is 1. The normalized spacial score (nSPS) is 8.88. The van der Waals surface area contributed by atoms with Gasteiger partial charge in [-0.25, -0.2) is 0 Å². The first kappa shape index (κ1) is 21.7. The van der Waals surface area contributed by atoms with Crippen molar-refractivity contribution in [1.82, 2.24) is 4.98 Å². The third-order valence-corrected chi connectivity index (χ3v) is 1.43. The van der Waals surface area contributed by atoms with Gasteiger partial charge < -0.3 is 21.5 Å². The van der Waals surface area contributed by atoms with E-state index in [1.807, 2.05) is 25.1 Å². The van der Waals surface area contributed by atoms with Gasteiger partial charge in [-0.05, 0) is 19.1 Å². The van der Waals surface area contributed by atoms with Gasteiger partial charge in [-0.2, -0.15) is 0 Å². The number of hydrogen-bond acceptors (Lipinski definition) is 4. The molecule has 0 atom stereocenters. The third-order valence-electron chi connectivity index (χ3n) is 1.34. The molecule has 0 unspecified atom stereocenters. The average molecular weight is 327 g/mol. The Morgan fingerprint density at radius 1 is 1.47 bits per heavy atom. The molecule has 0 amide bonds. The molecule has 0 aliphatic rings. The summed E-state index contributed by atoms with van der Waals surface area (Å²) in [5.41, 5.74) is 10.3. The molecule has 0 spiro atoms. The maximum Gasteiger partial charge on any atom is -0.870 e. The van der Waals surface area contributed by atoms with Crippen LogP contribution >= 0.6 is 10.1 Å². The van der Waals surface area contributed by atoms with Crippen molar-refractivity contribution in [3.05, 3.63) is 35.5 Å². The van der Waals surface area contributed by atoms with E-state index in [1.165, 1.54) is 0 Å². The summed E-state index contributed by atoms with van der Waals surface area (Å²) >= 11 is 7.45. The molecule has 0 aliphatic carbocycles. The molecule has 0 bridgehead atoms. The second-order valence-corrected chi connectivity index (χ2v) is 2.82. The zero-order valence-electron chi connectivity index (χ0n) is 8.75. The van der Waals surface area contributed by atoms with Crippen molar-refractivity contribution in [2.45, 2.75) is 6.92 Å². The van der Waals surface area contributed by atoms with Crippen molar-refractivity contribution in [2.75, 3.05) is 0 Å². The summed E-state index contributed by atoms with van der Waals surface area (Å²) in [5, 5.41) is 3.97. The summed E-state index contributed by atoms with van der Waals surface area (Å²) in [6, 6.07) is 5.57. The van der Waals surface area contributed by atoms with Crippen LogP contribution < -0.4 is 5.73 Å². The van der Waals surface area contributed by atoms with Gasteiger partial charge in [0.25, 0.3) is 0 Å². The molecule has 9 heteroatoms. The fraction of sp³-hybridized carbons (Fsp3) is 0.125. The predicted molar refractivity (Wildman–Crippen MR) is 67.5 cm³/mol. The minimum Gasteiger partial charge on any atom is -0.870 e. The van der Waals surface area contributed by atoms with Crippen molar-refractivity contribution in [3.8, 4) is 0 Å². The van der Waals surface area contributed by atoms with Crippen molar-refractivity contribution >= 4 is 33.1 Å². The molecule has 6 nitrogen and oxygen atoms in total. The molecule has 0 aliphatic heterocycles. The Labute approximate surface area is 117 Å². The van der Waals surface area contributed by atoms with Crippen molar-refractivity contribution in [2.24, 2.45) is 10.8 Å². The minimum absolute atomic E-state index is 0. The first-order valence-electron chi connectivity index (χ1n) is 3.79. The molecule has 0 saturated heterocycles. The molecule has 1 heterocycles. The fourth-order valence-corrected chi connectivity index (χ4v) is 0.799. The van der Waals surface area contributed by atoms with Gasteiger partial charge in [0.2, 0.25) is 0 Å². The van der Waals surface area contributed by atoms with Gasteiger partial charge in [0, 0.05) is 11.9 Å². The van der Waals surface area contributed by atoms with Gasteiger partial charge in [0.15, 0.2) is 17.3 Å².